The Bertz CT molecular complexity index is 406. The number of nitrogens with one attached hydrogen (secondary N) is 1. The topological polar surface area (TPSA) is 47.6 Å². The van der Waals surface area contributed by atoms with E-state index in [9.17, 15) is 4.79 Å². The summed E-state index contributed by atoms with van der Waals surface area (Å²) in [7, 11) is 1.36. The number of carbonyl (C=O) groups is 1. The van der Waals surface area contributed by atoms with Crippen LogP contribution in [0.1, 0.15) is 38.8 Å². The van der Waals surface area contributed by atoms with Crippen molar-refractivity contribution >= 4 is 5.97 Å². The molecule has 19 heavy (non-hydrogen) atoms. The van der Waals surface area contributed by atoms with E-state index in [-0.39, 0.29) is 12.0 Å². The van der Waals surface area contributed by atoms with Crippen LogP contribution in [0.5, 0.6) is 5.75 Å². The quantitative estimate of drug-likeness (QED) is 0.770. The lowest BCUT2D eigenvalue weighted by molar-refractivity contribution is -0.147. The van der Waals surface area contributed by atoms with Crippen LogP contribution in [0.25, 0.3) is 0 Å². The van der Waals surface area contributed by atoms with Gasteiger partial charge in [-0.15, -0.1) is 0 Å². The third kappa shape index (κ3) is 4.91. The van der Waals surface area contributed by atoms with Crippen LogP contribution < -0.4 is 10.1 Å². The first-order chi connectivity index (χ1) is 9.08. The molecule has 0 heterocycles. The summed E-state index contributed by atoms with van der Waals surface area (Å²) in [5.41, 5.74) is 1.14. The first kappa shape index (κ1) is 15.5. The van der Waals surface area contributed by atoms with Gasteiger partial charge in [-0.05, 0) is 44.5 Å². The van der Waals surface area contributed by atoms with Crippen molar-refractivity contribution in [3.8, 4) is 5.75 Å². The molecule has 106 valence electrons. The van der Waals surface area contributed by atoms with Gasteiger partial charge in [-0.25, -0.2) is 4.79 Å². The molecule has 2 unspecified atom stereocenters. The average Bonchev–Trinajstić information content (AvgIpc) is 2.43. The standard InChI is InChI=1S/C15H23NO3/c1-5-9-16-11(2)13-7-6-8-14(10-13)19-12(3)15(17)18-4/h6-8,10-12,16H,5,9H2,1-4H3. The molecular weight excluding hydrogens is 242 g/mol. The molecule has 0 spiro atoms. The predicted octanol–water partition coefficient (Wildman–Crippen LogP) is 2.69. The van der Waals surface area contributed by atoms with Crippen LogP contribution in [-0.4, -0.2) is 25.7 Å². The fourth-order valence-corrected chi connectivity index (χ4v) is 1.75. The van der Waals surface area contributed by atoms with Gasteiger partial charge in [0.05, 0.1) is 7.11 Å². The van der Waals surface area contributed by atoms with Crippen molar-refractivity contribution in [2.75, 3.05) is 13.7 Å². The van der Waals surface area contributed by atoms with Gasteiger partial charge in [0.2, 0.25) is 0 Å². The predicted molar refractivity (Wildman–Crippen MR) is 75.3 cm³/mol. The van der Waals surface area contributed by atoms with Crippen molar-refractivity contribution in [3.05, 3.63) is 29.8 Å². The van der Waals surface area contributed by atoms with Gasteiger partial charge in [-0.1, -0.05) is 19.1 Å². The molecule has 0 bridgehead atoms. The van der Waals surface area contributed by atoms with Gasteiger partial charge in [0.15, 0.2) is 6.10 Å². The molecule has 2 atom stereocenters. The summed E-state index contributed by atoms with van der Waals surface area (Å²) in [6, 6.07) is 8.03. The second-order valence-corrected chi connectivity index (χ2v) is 4.53. The van der Waals surface area contributed by atoms with Gasteiger partial charge in [-0.3, -0.25) is 0 Å². The molecule has 0 saturated carbocycles. The molecule has 0 aliphatic heterocycles. The van der Waals surface area contributed by atoms with Gasteiger partial charge >= 0.3 is 5.97 Å². The highest BCUT2D eigenvalue weighted by molar-refractivity contribution is 5.74. The number of methoxy groups -OCH3 is 1. The van der Waals surface area contributed by atoms with Gasteiger partial charge in [0.25, 0.3) is 0 Å². The molecule has 0 saturated heterocycles. The second kappa shape index (κ2) is 7.79. The smallest absolute Gasteiger partial charge is 0.346 e. The molecule has 1 rings (SSSR count). The highest BCUT2D eigenvalue weighted by Gasteiger charge is 2.15. The monoisotopic (exact) mass is 265 g/mol. The molecule has 4 nitrogen and oxygen atoms in total. The van der Waals surface area contributed by atoms with E-state index in [1.807, 2.05) is 24.3 Å². The van der Waals surface area contributed by atoms with Crippen LogP contribution in [-0.2, 0) is 9.53 Å². The summed E-state index contributed by atoms with van der Waals surface area (Å²) in [5, 5.41) is 3.42. The Kier molecular flexibility index (Phi) is 6.36. The molecule has 0 aliphatic carbocycles. The van der Waals surface area contributed by atoms with E-state index in [4.69, 9.17) is 4.74 Å². The minimum Gasteiger partial charge on any atom is -0.479 e. The Balaban J connectivity index is 2.68. The van der Waals surface area contributed by atoms with E-state index >= 15 is 0 Å². The normalized spacial score (nSPS) is 13.7. The van der Waals surface area contributed by atoms with Crippen molar-refractivity contribution in [3.63, 3.8) is 0 Å². The maximum atomic E-state index is 11.3. The molecule has 0 radical (unpaired) electrons. The summed E-state index contributed by atoms with van der Waals surface area (Å²) in [4.78, 5) is 11.3. The third-order valence-electron chi connectivity index (χ3n) is 2.90. The molecule has 1 N–H and O–H groups in total. The molecule has 1 aromatic rings. The lowest BCUT2D eigenvalue weighted by Crippen LogP contribution is -2.25. The van der Waals surface area contributed by atoms with Crippen LogP contribution in [0.3, 0.4) is 0 Å². The largest absolute Gasteiger partial charge is 0.479 e. The van der Waals surface area contributed by atoms with E-state index in [1.165, 1.54) is 7.11 Å². The number of carbonyl (C=O) groups excluding carboxylic acids is 1. The summed E-state index contributed by atoms with van der Waals surface area (Å²) < 4.78 is 10.2. The first-order valence-electron chi connectivity index (χ1n) is 6.66. The lowest BCUT2D eigenvalue weighted by Gasteiger charge is -2.16. The van der Waals surface area contributed by atoms with Gasteiger partial charge in [0, 0.05) is 6.04 Å². The summed E-state index contributed by atoms with van der Waals surface area (Å²) in [6.45, 7) is 6.90. The molecule has 0 aliphatic rings. The zero-order valence-corrected chi connectivity index (χ0v) is 12.1. The van der Waals surface area contributed by atoms with Crippen LogP contribution in [0.4, 0.5) is 0 Å². The van der Waals surface area contributed by atoms with Gasteiger partial charge in [0.1, 0.15) is 5.75 Å². The molecule has 0 fully saturated rings. The molecule has 0 amide bonds. The second-order valence-electron chi connectivity index (χ2n) is 4.53. The Labute approximate surface area is 115 Å². The van der Waals surface area contributed by atoms with Crippen molar-refractivity contribution in [2.45, 2.75) is 39.3 Å². The fourth-order valence-electron chi connectivity index (χ4n) is 1.75. The minimum absolute atomic E-state index is 0.261. The van der Waals surface area contributed by atoms with Crippen LogP contribution in [0.2, 0.25) is 0 Å². The zero-order valence-electron chi connectivity index (χ0n) is 12.1. The van der Waals surface area contributed by atoms with Crippen molar-refractivity contribution in [1.29, 1.82) is 0 Å². The zero-order chi connectivity index (χ0) is 14.3. The Morgan fingerprint density at radius 2 is 2.11 bits per heavy atom. The Hall–Kier alpha value is -1.55. The van der Waals surface area contributed by atoms with Crippen molar-refractivity contribution < 1.29 is 14.3 Å². The highest BCUT2D eigenvalue weighted by atomic mass is 16.6. The van der Waals surface area contributed by atoms with Crippen molar-refractivity contribution in [2.24, 2.45) is 0 Å². The summed E-state index contributed by atoms with van der Waals surface area (Å²) >= 11 is 0. The van der Waals surface area contributed by atoms with Crippen LogP contribution in [0.15, 0.2) is 24.3 Å². The molecule has 1 aromatic carbocycles. The van der Waals surface area contributed by atoms with Crippen molar-refractivity contribution in [1.82, 2.24) is 5.32 Å². The maximum absolute atomic E-state index is 11.3. The van der Waals surface area contributed by atoms with Crippen LogP contribution >= 0.6 is 0 Å². The number of benzene rings is 1. The van der Waals surface area contributed by atoms with E-state index in [0.717, 1.165) is 18.5 Å². The summed E-state index contributed by atoms with van der Waals surface area (Å²) in [5.74, 6) is 0.308. The van der Waals surface area contributed by atoms with E-state index in [0.29, 0.717) is 5.75 Å². The number of hydrogen-bond donors (Lipinski definition) is 1. The number of hydrogen-bond acceptors (Lipinski definition) is 4. The van der Waals surface area contributed by atoms with Crippen LogP contribution in [0, 0.1) is 0 Å². The summed E-state index contributed by atoms with van der Waals surface area (Å²) in [6.07, 6.45) is 0.499. The maximum Gasteiger partial charge on any atom is 0.346 e. The molecular formula is C15H23NO3. The first-order valence-corrected chi connectivity index (χ1v) is 6.66. The lowest BCUT2D eigenvalue weighted by atomic mass is 10.1. The molecule has 4 heteroatoms. The number of esters is 1. The van der Waals surface area contributed by atoms with E-state index in [2.05, 4.69) is 23.9 Å². The fraction of sp³-hybridized carbons (Fsp3) is 0.533. The number of rotatable bonds is 7. The Morgan fingerprint density at radius 3 is 2.74 bits per heavy atom. The SMILES string of the molecule is CCCNC(C)c1cccc(OC(C)C(=O)OC)c1. The minimum atomic E-state index is -0.598. The number of ether oxygens (including phenoxy) is 2. The average molecular weight is 265 g/mol. The van der Waals surface area contributed by atoms with Gasteiger partial charge < -0.3 is 14.8 Å². The van der Waals surface area contributed by atoms with E-state index < -0.39 is 6.10 Å². The van der Waals surface area contributed by atoms with E-state index in [1.54, 1.807) is 6.92 Å². The third-order valence-corrected chi connectivity index (χ3v) is 2.90. The molecule has 0 aromatic heterocycles. The highest BCUT2D eigenvalue weighted by Crippen LogP contribution is 2.20. The van der Waals surface area contributed by atoms with Gasteiger partial charge in [-0.2, -0.15) is 0 Å². The Morgan fingerprint density at radius 1 is 1.37 bits per heavy atom.